The summed E-state index contributed by atoms with van der Waals surface area (Å²) in [6, 6.07) is 14.5. The molecule has 0 N–H and O–H groups in total. The lowest BCUT2D eigenvalue weighted by Gasteiger charge is -2.25. The van der Waals surface area contributed by atoms with Crippen molar-refractivity contribution in [3.63, 3.8) is 0 Å². The molecule has 0 bridgehead atoms. The van der Waals surface area contributed by atoms with Crippen LogP contribution in [0.1, 0.15) is 46.7 Å². The third-order valence-electron chi connectivity index (χ3n) is 4.15. The van der Waals surface area contributed by atoms with Gasteiger partial charge in [-0.25, -0.2) is 0 Å². The van der Waals surface area contributed by atoms with E-state index < -0.39 is 0 Å². The van der Waals surface area contributed by atoms with E-state index in [-0.39, 0.29) is 5.78 Å². The number of aryl methyl sites for hydroxylation is 1. The Labute approximate surface area is 147 Å². The van der Waals surface area contributed by atoms with Gasteiger partial charge in [-0.15, -0.1) is 0 Å². The van der Waals surface area contributed by atoms with E-state index in [1.165, 1.54) is 17.5 Å². The van der Waals surface area contributed by atoms with Crippen LogP contribution >= 0.6 is 38.5 Å². The van der Waals surface area contributed by atoms with Crippen LogP contribution in [-0.4, -0.2) is 5.78 Å². The highest BCUT2D eigenvalue weighted by Gasteiger charge is 2.23. The van der Waals surface area contributed by atoms with E-state index in [9.17, 15) is 4.79 Å². The summed E-state index contributed by atoms with van der Waals surface area (Å²) < 4.78 is 2.00. The molecule has 0 amide bonds. The Kier molecular flexibility index (Phi) is 4.79. The summed E-state index contributed by atoms with van der Waals surface area (Å²) in [6.45, 7) is 0. The summed E-state index contributed by atoms with van der Waals surface area (Å²) in [7, 11) is 0. The van der Waals surface area contributed by atoms with E-state index in [0.29, 0.717) is 12.3 Å². The molecule has 3 rings (SSSR count). The van der Waals surface area contributed by atoms with Crippen LogP contribution in [0.3, 0.4) is 0 Å². The van der Waals surface area contributed by atoms with Gasteiger partial charge in [0.1, 0.15) is 0 Å². The Morgan fingerprint density at radius 2 is 2.05 bits per heavy atom. The summed E-state index contributed by atoms with van der Waals surface area (Å²) in [6.07, 6.45) is 4.07. The SMILES string of the molecule is O=C(CC1CCCc2ccccc21)c1cc(Br)ccc1I. The molecule has 0 saturated heterocycles. The maximum atomic E-state index is 12.7. The lowest BCUT2D eigenvalue weighted by Crippen LogP contribution is -2.14. The smallest absolute Gasteiger partial charge is 0.164 e. The van der Waals surface area contributed by atoms with Crippen molar-refractivity contribution >= 4 is 44.3 Å². The van der Waals surface area contributed by atoms with E-state index in [1.54, 1.807) is 0 Å². The minimum Gasteiger partial charge on any atom is -0.294 e. The van der Waals surface area contributed by atoms with Crippen molar-refractivity contribution in [3.05, 3.63) is 67.2 Å². The van der Waals surface area contributed by atoms with E-state index in [2.05, 4.69) is 62.8 Å². The van der Waals surface area contributed by atoms with Gasteiger partial charge in [0.15, 0.2) is 5.78 Å². The van der Waals surface area contributed by atoms with Crippen LogP contribution in [-0.2, 0) is 6.42 Å². The van der Waals surface area contributed by atoms with Gasteiger partial charge in [-0.1, -0.05) is 40.2 Å². The molecule has 0 aliphatic heterocycles. The zero-order valence-corrected chi connectivity index (χ0v) is 15.4. The average Bonchev–Trinajstić information content (AvgIpc) is 2.50. The minimum atomic E-state index is 0.252. The van der Waals surface area contributed by atoms with Gasteiger partial charge in [0.05, 0.1) is 0 Å². The molecule has 2 aromatic carbocycles. The second-order valence-electron chi connectivity index (χ2n) is 5.54. The van der Waals surface area contributed by atoms with Crippen LogP contribution in [0.5, 0.6) is 0 Å². The molecular formula is C18H16BrIO. The molecule has 3 heteroatoms. The Bertz CT molecular complexity index is 681. The third kappa shape index (κ3) is 3.39. The molecular weight excluding hydrogens is 439 g/mol. The molecule has 0 saturated carbocycles. The molecule has 0 fully saturated rings. The van der Waals surface area contributed by atoms with E-state index in [0.717, 1.165) is 26.4 Å². The Balaban J connectivity index is 1.84. The number of carbonyl (C=O) groups is 1. The van der Waals surface area contributed by atoms with Crippen molar-refractivity contribution in [2.75, 3.05) is 0 Å². The lowest BCUT2D eigenvalue weighted by molar-refractivity contribution is 0.0970. The number of carbonyl (C=O) groups excluding carboxylic acids is 1. The number of rotatable bonds is 3. The average molecular weight is 455 g/mol. The van der Waals surface area contributed by atoms with Crippen LogP contribution in [0.15, 0.2) is 46.9 Å². The van der Waals surface area contributed by atoms with Gasteiger partial charge in [-0.05, 0) is 77.1 Å². The Morgan fingerprint density at radius 1 is 1.24 bits per heavy atom. The first-order valence-corrected chi connectivity index (χ1v) is 9.08. The zero-order chi connectivity index (χ0) is 14.8. The summed E-state index contributed by atoms with van der Waals surface area (Å²) in [4.78, 5) is 12.7. The van der Waals surface area contributed by atoms with Gasteiger partial charge < -0.3 is 0 Å². The summed E-state index contributed by atoms with van der Waals surface area (Å²) in [5, 5.41) is 0. The van der Waals surface area contributed by atoms with Crippen LogP contribution in [0.4, 0.5) is 0 Å². The summed E-state index contributed by atoms with van der Waals surface area (Å²) in [5.74, 6) is 0.625. The van der Waals surface area contributed by atoms with E-state index in [1.807, 2.05) is 18.2 Å². The fourth-order valence-electron chi connectivity index (χ4n) is 3.11. The highest BCUT2D eigenvalue weighted by Crippen LogP contribution is 2.35. The summed E-state index contributed by atoms with van der Waals surface area (Å²) >= 11 is 5.70. The van der Waals surface area contributed by atoms with Gasteiger partial charge >= 0.3 is 0 Å². The number of hydrogen-bond acceptors (Lipinski definition) is 1. The Morgan fingerprint density at radius 3 is 2.90 bits per heavy atom. The second kappa shape index (κ2) is 6.61. The van der Waals surface area contributed by atoms with Gasteiger partial charge in [-0.2, -0.15) is 0 Å². The highest BCUT2D eigenvalue weighted by atomic mass is 127. The topological polar surface area (TPSA) is 17.1 Å². The predicted octanol–water partition coefficient (Wildman–Crippen LogP) is 5.75. The van der Waals surface area contributed by atoms with Crippen molar-refractivity contribution in [3.8, 4) is 0 Å². The van der Waals surface area contributed by atoms with Gasteiger partial charge in [-0.3, -0.25) is 4.79 Å². The van der Waals surface area contributed by atoms with Crippen LogP contribution in [0.25, 0.3) is 0 Å². The fraction of sp³-hybridized carbons (Fsp3) is 0.278. The number of Topliss-reactive ketones (excluding diaryl/α,β-unsaturated/α-hetero) is 1. The first-order valence-electron chi connectivity index (χ1n) is 7.21. The molecule has 1 atom stereocenters. The molecule has 1 nitrogen and oxygen atoms in total. The van der Waals surface area contributed by atoms with Gasteiger partial charge in [0.25, 0.3) is 0 Å². The number of halogens is 2. The molecule has 1 aliphatic rings. The van der Waals surface area contributed by atoms with Crippen LogP contribution in [0.2, 0.25) is 0 Å². The highest BCUT2D eigenvalue weighted by molar-refractivity contribution is 14.1. The zero-order valence-electron chi connectivity index (χ0n) is 11.6. The molecule has 0 radical (unpaired) electrons. The van der Waals surface area contributed by atoms with Crippen molar-refractivity contribution < 1.29 is 4.79 Å². The molecule has 0 spiro atoms. The summed E-state index contributed by atoms with van der Waals surface area (Å²) in [5.41, 5.74) is 3.64. The van der Waals surface area contributed by atoms with Crippen molar-refractivity contribution in [1.82, 2.24) is 0 Å². The van der Waals surface area contributed by atoms with Gasteiger partial charge in [0, 0.05) is 20.0 Å². The quantitative estimate of drug-likeness (QED) is 0.426. The molecule has 1 unspecified atom stereocenters. The maximum Gasteiger partial charge on any atom is 0.164 e. The van der Waals surface area contributed by atoms with Crippen LogP contribution < -0.4 is 0 Å². The number of fused-ring (bicyclic) bond motifs is 1. The molecule has 0 aromatic heterocycles. The molecule has 0 heterocycles. The minimum absolute atomic E-state index is 0.252. The normalized spacial score (nSPS) is 17.3. The number of ketones is 1. The molecule has 21 heavy (non-hydrogen) atoms. The fourth-order valence-corrected chi connectivity index (χ4v) is 4.11. The maximum absolute atomic E-state index is 12.7. The largest absolute Gasteiger partial charge is 0.294 e. The van der Waals surface area contributed by atoms with Crippen molar-refractivity contribution in [2.45, 2.75) is 31.6 Å². The van der Waals surface area contributed by atoms with E-state index in [4.69, 9.17) is 0 Å². The first kappa shape index (κ1) is 15.2. The van der Waals surface area contributed by atoms with Crippen molar-refractivity contribution in [1.29, 1.82) is 0 Å². The van der Waals surface area contributed by atoms with Crippen molar-refractivity contribution in [2.24, 2.45) is 0 Å². The van der Waals surface area contributed by atoms with Crippen LogP contribution in [0, 0.1) is 3.57 Å². The molecule has 1 aliphatic carbocycles. The lowest BCUT2D eigenvalue weighted by atomic mass is 9.79. The monoisotopic (exact) mass is 454 g/mol. The number of hydrogen-bond donors (Lipinski definition) is 0. The molecule has 2 aromatic rings. The third-order valence-corrected chi connectivity index (χ3v) is 5.59. The Hall–Kier alpha value is -0.680. The first-order chi connectivity index (χ1) is 10.1. The standard InChI is InChI=1S/C18H16BrIO/c19-14-8-9-17(20)16(11-14)18(21)10-13-6-3-5-12-4-1-2-7-15(12)13/h1-2,4,7-9,11,13H,3,5-6,10H2. The second-order valence-corrected chi connectivity index (χ2v) is 7.62. The molecule has 108 valence electrons. The predicted molar refractivity (Wildman–Crippen MR) is 97.9 cm³/mol. The number of benzene rings is 2. The van der Waals surface area contributed by atoms with E-state index >= 15 is 0 Å². The van der Waals surface area contributed by atoms with Gasteiger partial charge in [0.2, 0.25) is 0 Å².